The van der Waals surface area contributed by atoms with E-state index in [1.54, 1.807) is 29.5 Å². The van der Waals surface area contributed by atoms with Gasteiger partial charge in [-0.2, -0.15) is 4.31 Å². The van der Waals surface area contributed by atoms with E-state index in [-0.39, 0.29) is 10.8 Å². The van der Waals surface area contributed by atoms with E-state index in [4.69, 9.17) is 4.74 Å². The van der Waals surface area contributed by atoms with Gasteiger partial charge in [-0.05, 0) is 55.0 Å². The van der Waals surface area contributed by atoms with Gasteiger partial charge in [0.2, 0.25) is 15.9 Å². The molecule has 1 amide bonds. The van der Waals surface area contributed by atoms with Gasteiger partial charge in [0.15, 0.2) is 0 Å². The molecule has 0 spiro atoms. The van der Waals surface area contributed by atoms with Crippen molar-refractivity contribution in [2.75, 3.05) is 49.6 Å². The van der Waals surface area contributed by atoms with Gasteiger partial charge in [-0.25, -0.2) is 8.42 Å². The Bertz CT molecular complexity index is 1020. The van der Waals surface area contributed by atoms with Gasteiger partial charge >= 0.3 is 0 Å². The van der Waals surface area contributed by atoms with Crippen molar-refractivity contribution in [3.63, 3.8) is 0 Å². The number of carbonyl (C=O) groups is 1. The lowest BCUT2D eigenvalue weighted by atomic mass is 10.1. The Balaban J connectivity index is 1.62. The van der Waals surface area contributed by atoms with Gasteiger partial charge in [0, 0.05) is 37.1 Å². The first-order valence-electron chi connectivity index (χ1n) is 10.5. The summed E-state index contributed by atoms with van der Waals surface area (Å²) >= 11 is 1.55. The maximum Gasteiger partial charge on any atom is 0.248 e. The monoisotopic (exact) mass is 461 g/mol. The molecule has 9 heteroatoms. The van der Waals surface area contributed by atoms with E-state index in [1.807, 2.05) is 23.6 Å². The van der Waals surface area contributed by atoms with Crippen LogP contribution in [-0.2, 0) is 19.6 Å². The fourth-order valence-corrected chi connectivity index (χ4v) is 5.89. The Morgan fingerprint density at radius 3 is 2.55 bits per heavy atom. The number of rotatable bonds is 6. The topological polar surface area (TPSA) is 79.0 Å². The molecular weight excluding hydrogens is 434 g/mol. The number of sulfonamides is 1. The van der Waals surface area contributed by atoms with E-state index in [0.717, 1.165) is 36.5 Å². The highest BCUT2D eigenvalue weighted by Gasteiger charge is 2.28. The van der Waals surface area contributed by atoms with Crippen LogP contribution in [-0.4, -0.2) is 58.0 Å². The molecule has 0 radical (unpaired) electrons. The molecule has 31 heavy (non-hydrogen) atoms. The molecular formula is C22H27N3O4S2. The Hall–Kier alpha value is -2.20. The lowest BCUT2D eigenvalue weighted by Gasteiger charge is -2.31. The second-order valence-corrected chi connectivity index (χ2v) is 10.5. The number of anilines is 2. The number of carbonyl (C=O) groups excluding carboxylic acids is 1. The zero-order chi connectivity index (χ0) is 21.7. The maximum absolute atomic E-state index is 13.1. The highest BCUT2D eigenvalue weighted by molar-refractivity contribution is 7.89. The van der Waals surface area contributed by atoms with Crippen LogP contribution in [0.15, 0.2) is 46.7 Å². The Morgan fingerprint density at radius 2 is 1.84 bits per heavy atom. The number of piperidine rings is 1. The molecule has 4 rings (SSSR count). The molecule has 1 aromatic carbocycles. The minimum atomic E-state index is -3.65. The fourth-order valence-electron chi connectivity index (χ4n) is 3.84. The summed E-state index contributed by atoms with van der Waals surface area (Å²) in [4.78, 5) is 16.0. The predicted octanol–water partition coefficient (Wildman–Crippen LogP) is 3.41. The summed E-state index contributed by atoms with van der Waals surface area (Å²) in [6.45, 7) is 3.24. The average molecular weight is 462 g/mol. The number of benzene rings is 1. The first-order valence-corrected chi connectivity index (χ1v) is 12.9. The van der Waals surface area contributed by atoms with E-state index in [9.17, 15) is 13.2 Å². The van der Waals surface area contributed by atoms with Gasteiger partial charge in [-0.3, -0.25) is 4.79 Å². The lowest BCUT2D eigenvalue weighted by molar-refractivity contribution is -0.111. The van der Waals surface area contributed by atoms with Crippen molar-refractivity contribution in [2.24, 2.45) is 0 Å². The van der Waals surface area contributed by atoms with Crippen molar-refractivity contribution in [1.82, 2.24) is 4.31 Å². The van der Waals surface area contributed by atoms with Gasteiger partial charge in [0.1, 0.15) is 0 Å². The minimum Gasteiger partial charge on any atom is -0.379 e. The molecule has 2 aliphatic heterocycles. The van der Waals surface area contributed by atoms with Crippen molar-refractivity contribution in [3.05, 3.63) is 46.7 Å². The number of hydrogen-bond acceptors (Lipinski definition) is 6. The lowest BCUT2D eigenvalue weighted by Crippen LogP contribution is -2.40. The van der Waals surface area contributed by atoms with Crippen molar-refractivity contribution in [2.45, 2.75) is 24.2 Å². The molecule has 0 unspecified atom stereocenters. The molecule has 3 heterocycles. The molecule has 0 aliphatic carbocycles. The van der Waals surface area contributed by atoms with Crippen LogP contribution in [0, 0.1) is 0 Å². The van der Waals surface area contributed by atoms with Gasteiger partial charge in [-0.15, -0.1) is 11.3 Å². The second-order valence-electron chi connectivity index (χ2n) is 7.58. The summed E-state index contributed by atoms with van der Waals surface area (Å²) in [6.07, 6.45) is 6.59. The number of ether oxygens (including phenoxy) is 1. The molecule has 7 nitrogen and oxygen atoms in total. The number of nitrogens with zero attached hydrogens (tertiary/aromatic N) is 2. The predicted molar refractivity (Wildman–Crippen MR) is 124 cm³/mol. The molecule has 2 fully saturated rings. The van der Waals surface area contributed by atoms with Crippen LogP contribution >= 0.6 is 11.3 Å². The number of thiophene rings is 1. The SMILES string of the molecule is O=C(/C=C/c1cccs1)Nc1cc(S(=O)(=O)N2CCOCC2)ccc1N1CCCCC1. The highest BCUT2D eigenvalue weighted by Crippen LogP contribution is 2.32. The zero-order valence-electron chi connectivity index (χ0n) is 17.3. The van der Waals surface area contributed by atoms with Crippen LogP contribution in [0.1, 0.15) is 24.1 Å². The van der Waals surface area contributed by atoms with Crippen LogP contribution in [0.5, 0.6) is 0 Å². The molecule has 0 bridgehead atoms. The summed E-state index contributed by atoms with van der Waals surface area (Å²) in [5, 5.41) is 4.87. The fraction of sp³-hybridized carbons (Fsp3) is 0.409. The summed E-state index contributed by atoms with van der Waals surface area (Å²) < 4.78 is 33.0. The van der Waals surface area contributed by atoms with E-state index >= 15 is 0 Å². The van der Waals surface area contributed by atoms with Crippen LogP contribution < -0.4 is 10.2 Å². The van der Waals surface area contributed by atoms with Crippen molar-refractivity contribution >= 4 is 44.7 Å². The smallest absolute Gasteiger partial charge is 0.248 e. The molecule has 0 atom stereocenters. The molecule has 2 aliphatic rings. The molecule has 1 N–H and O–H groups in total. The number of hydrogen-bond donors (Lipinski definition) is 1. The highest BCUT2D eigenvalue weighted by atomic mass is 32.2. The largest absolute Gasteiger partial charge is 0.379 e. The van der Waals surface area contributed by atoms with Crippen molar-refractivity contribution in [3.8, 4) is 0 Å². The van der Waals surface area contributed by atoms with Crippen LogP contribution in [0.2, 0.25) is 0 Å². The van der Waals surface area contributed by atoms with Gasteiger partial charge in [0.05, 0.1) is 29.5 Å². The minimum absolute atomic E-state index is 0.188. The van der Waals surface area contributed by atoms with Crippen molar-refractivity contribution in [1.29, 1.82) is 0 Å². The molecule has 2 saturated heterocycles. The molecule has 166 valence electrons. The van der Waals surface area contributed by atoms with E-state index < -0.39 is 10.0 Å². The van der Waals surface area contributed by atoms with Crippen molar-refractivity contribution < 1.29 is 17.9 Å². The summed E-state index contributed by atoms with van der Waals surface area (Å²) in [6, 6.07) is 8.91. The average Bonchev–Trinajstić information content (AvgIpc) is 3.33. The van der Waals surface area contributed by atoms with E-state index in [2.05, 4.69) is 10.2 Å². The molecule has 0 saturated carbocycles. The van der Waals surface area contributed by atoms with Crippen LogP contribution in [0.3, 0.4) is 0 Å². The third-order valence-electron chi connectivity index (χ3n) is 5.47. The third-order valence-corrected chi connectivity index (χ3v) is 8.20. The maximum atomic E-state index is 13.1. The third kappa shape index (κ3) is 5.35. The van der Waals surface area contributed by atoms with Crippen LogP contribution in [0.4, 0.5) is 11.4 Å². The summed E-state index contributed by atoms with van der Waals surface area (Å²) in [7, 11) is -3.65. The normalized spacial score (nSPS) is 18.4. The van der Waals surface area contributed by atoms with E-state index in [1.165, 1.54) is 16.8 Å². The summed E-state index contributed by atoms with van der Waals surface area (Å²) in [5.41, 5.74) is 1.38. The van der Waals surface area contributed by atoms with Crippen LogP contribution in [0.25, 0.3) is 6.08 Å². The zero-order valence-corrected chi connectivity index (χ0v) is 19.0. The first-order chi connectivity index (χ1) is 15.0. The van der Waals surface area contributed by atoms with Gasteiger partial charge < -0.3 is 15.0 Å². The Kier molecular flexibility index (Phi) is 7.06. The van der Waals surface area contributed by atoms with E-state index in [0.29, 0.717) is 32.0 Å². The quantitative estimate of drug-likeness (QED) is 0.667. The standard InChI is InChI=1S/C22H27N3O4S2/c26-22(9-6-18-5-4-16-30-18)23-20-17-19(31(27,28)25-12-14-29-15-13-25)7-8-21(20)24-10-2-1-3-11-24/h4-9,16-17H,1-3,10-15H2,(H,23,26)/b9-6+. The number of nitrogens with one attached hydrogen (secondary N) is 1. The Labute approximate surface area is 187 Å². The van der Waals surface area contributed by atoms with Gasteiger partial charge in [0.25, 0.3) is 0 Å². The number of amides is 1. The first kappa shape index (κ1) is 22.0. The summed E-state index contributed by atoms with van der Waals surface area (Å²) in [5.74, 6) is -0.285. The molecule has 2 aromatic rings. The van der Waals surface area contributed by atoms with Gasteiger partial charge in [-0.1, -0.05) is 6.07 Å². The number of morpholine rings is 1. The Morgan fingerprint density at radius 1 is 1.06 bits per heavy atom. The molecule has 1 aromatic heterocycles. The second kappa shape index (κ2) is 9.95.